The van der Waals surface area contributed by atoms with Crippen molar-refractivity contribution in [3.63, 3.8) is 0 Å². The Bertz CT molecular complexity index is 1170. The van der Waals surface area contributed by atoms with Gasteiger partial charge in [0.2, 0.25) is 5.91 Å². The molecule has 5 heteroatoms. The van der Waals surface area contributed by atoms with Crippen LogP contribution in [-0.2, 0) is 17.8 Å². The number of carbonyl (C=O) groups excluding carboxylic acids is 1. The molecule has 33 heavy (non-hydrogen) atoms. The quantitative estimate of drug-likeness (QED) is 0.329. The van der Waals surface area contributed by atoms with E-state index in [1.165, 1.54) is 10.9 Å². The van der Waals surface area contributed by atoms with Crippen molar-refractivity contribution in [2.75, 3.05) is 20.3 Å². The van der Waals surface area contributed by atoms with E-state index in [2.05, 4.69) is 23.3 Å². The summed E-state index contributed by atoms with van der Waals surface area (Å²) in [5, 5.41) is 1.23. The summed E-state index contributed by atoms with van der Waals surface area (Å²) in [4.78, 5) is 18.3. The molecular weight excluding hydrogens is 412 g/mol. The Balaban J connectivity index is 1.36. The number of H-pyrrole nitrogens is 1. The smallest absolute Gasteiger partial charge is 0.222 e. The largest absolute Gasteiger partial charge is 0.493 e. The number of benzene rings is 3. The molecule has 0 bridgehead atoms. The summed E-state index contributed by atoms with van der Waals surface area (Å²) in [5.74, 6) is 1.52. The SMILES string of the molecule is COc1ccccc1OCCN(Cc1ccccc1)C(=O)CCCc1c[nH]c2ccccc12. The van der Waals surface area contributed by atoms with Crippen LogP contribution in [0.25, 0.3) is 10.9 Å². The topological polar surface area (TPSA) is 54.6 Å². The number of amides is 1. The van der Waals surface area contributed by atoms with Gasteiger partial charge in [0.1, 0.15) is 6.61 Å². The summed E-state index contributed by atoms with van der Waals surface area (Å²) in [7, 11) is 1.63. The number of para-hydroxylation sites is 3. The molecule has 5 nitrogen and oxygen atoms in total. The lowest BCUT2D eigenvalue weighted by Gasteiger charge is -2.23. The predicted octanol–water partition coefficient (Wildman–Crippen LogP) is 5.61. The molecule has 0 aliphatic carbocycles. The lowest BCUT2D eigenvalue weighted by molar-refractivity contribution is -0.132. The number of methoxy groups -OCH3 is 1. The standard InChI is InChI=1S/C28H30N2O3/c1-32-26-15-7-8-16-27(26)33-19-18-30(21-22-10-3-2-4-11-22)28(31)17-9-12-23-20-29-25-14-6-5-13-24(23)25/h2-8,10-11,13-16,20,29H,9,12,17-19,21H2,1H3. The Hall–Kier alpha value is -3.73. The molecule has 4 aromatic rings. The van der Waals surface area contributed by atoms with E-state index in [1.54, 1.807) is 7.11 Å². The van der Waals surface area contributed by atoms with E-state index >= 15 is 0 Å². The number of carbonyl (C=O) groups is 1. The van der Waals surface area contributed by atoms with Crippen molar-refractivity contribution >= 4 is 16.8 Å². The maximum Gasteiger partial charge on any atom is 0.222 e. The Morgan fingerprint density at radius 2 is 1.64 bits per heavy atom. The maximum absolute atomic E-state index is 13.1. The van der Waals surface area contributed by atoms with Gasteiger partial charge in [0, 0.05) is 30.1 Å². The molecule has 0 aliphatic heterocycles. The normalized spacial score (nSPS) is 10.8. The van der Waals surface area contributed by atoms with E-state index < -0.39 is 0 Å². The van der Waals surface area contributed by atoms with Crippen molar-refractivity contribution in [3.05, 3.63) is 96.2 Å². The van der Waals surface area contributed by atoms with Gasteiger partial charge in [-0.15, -0.1) is 0 Å². The lowest BCUT2D eigenvalue weighted by atomic mass is 10.1. The van der Waals surface area contributed by atoms with Crippen LogP contribution in [0.1, 0.15) is 24.0 Å². The molecule has 1 heterocycles. The highest BCUT2D eigenvalue weighted by atomic mass is 16.5. The molecule has 170 valence electrons. The van der Waals surface area contributed by atoms with Gasteiger partial charge in [-0.1, -0.05) is 60.7 Å². The molecule has 0 saturated heterocycles. The van der Waals surface area contributed by atoms with E-state index in [1.807, 2.05) is 71.6 Å². The minimum Gasteiger partial charge on any atom is -0.493 e. The first-order valence-corrected chi connectivity index (χ1v) is 11.4. The molecule has 0 unspecified atom stereocenters. The summed E-state index contributed by atoms with van der Waals surface area (Å²) in [6, 6.07) is 25.9. The van der Waals surface area contributed by atoms with Crippen molar-refractivity contribution in [1.29, 1.82) is 0 Å². The van der Waals surface area contributed by atoms with Crippen LogP contribution in [-0.4, -0.2) is 36.1 Å². The molecule has 1 aromatic heterocycles. The highest BCUT2D eigenvalue weighted by molar-refractivity contribution is 5.83. The summed E-state index contributed by atoms with van der Waals surface area (Å²) >= 11 is 0. The molecule has 0 aliphatic rings. The third-order valence-corrected chi connectivity index (χ3v) is 5.77. The van der Waals surface area contributed by atoms with E-state index in [0.717, 1.165) is 23.9 Å². The Labute approximate surface area is 195 Å². The van der Waals surface area contributed by atoms with Gasteiger partial charge in [-0.2, -0.15) is 0 Å². The molecule has 4 rings (SSSR count). The average Bonchev–Trinajstić information content (AvgIpc) is 3.27. The number of aryl methyl sites for hydroxylation is 1. The minimum atomic E-state index is 0.141. The Kier molecular flexibility index (Phi) is 7.64. The van der Waals surface area contributed by atoms with Gasteiger partial charge in [-0.05, 0) is 42.2 Å². The van der Waals surface area contributed by atoms with Crippen molar-refractivity contribution < 1.29 is 14.3 Å². The highest BCUT2D eigenvalue weighted by Gasteiger charge is 2.15. The molecule has 1 amide bonds. The number of hydrogen-bond donors (Lipinski definition) is 1. The average molecular weight is 443 g/mol. The van der Waals surface area contributed by atoms with E-state index in [0.29, 0.717) is 37.6 Å². The second-order valence-electron chi connectivity index (χ2n) is 8.01. The maximum atomic E-state index is 13.1. The molecule has 0 radical (unpaired) electrons. The number of nitrogens with zero attached hydrogens (tertiary/aromatic N) is 1. The predicted molar refractivity (Wildman–Crippen MR) is 132 cm³/mol. The first-order chi connectivity index (χ1) is 16.2. The van der Waals surface area contributed by atoms with Crippen LogP contribution in [0.15, 0.2) is 85.1 Å². The van der Waals surface area contributed by atoms with E-state index in [4.69, 9.17) is 9.47 Å². The minimum absolute atomic E-state index is 0.141. The molecule has 0 saturated carbocycles. The van der Waals surface area contributed by atoms with Gasteiger partial charge in [0.25, 0.3) is 0 Å². The molecule has 3 aromatic carbocycles. The Morgan fingerprint density at radius 1 is 0.909 bits per heavy atom. The first-order valence-electron chi connectivity index (χ1n) is 11.4. The fraction of sp³-hybridized carbons (Fsp3) is 0.250. The number of nitrogens with one attached hydrogen (secondary N) is 1. The molecule has 0 spiro atoms. The van der Waals surface area contributed by atoms with Gasteiger partial charge in [0.15, 0.2) is 11.5 Å². The second-order valence-corrected chi connectivity index (χ2v) is 8.01. The summed E-state index contributed by atoms with van der Waals surface area (Å²) in [6.45, 7) is 1.49. The zero-order chi connectivity index (χ0) is 22.9. The van der Waals surface area contributed by atoms with Crippen LogP contribution in [0.4, 0.5) is 0 Å². The van der Waals surface area contributed by atoms with E-state index in [9.17, 15) is 4.79 Å². The van der Waals surface area contributed by atoms with Gasteiger partial charge < -0.3 is 19.4 Å². The molecule has 0 fully saturated rings. The zero-order valence-electron chi connectivity index (χ0n) is 19.0. The second kappa shape index (κ2) is 11.2. The fourth-order valence-corrected chi connectivity index (χ4v) is 4.03. The van der Waals surface area contributed by atoms with Crippen molar-refractivity contribution in [1.82, 2.24) is 9.88 Å². The van der Waals surface area contributed by atoms with Crippen LogP contribution in [0.3, 0.4) is 0 Å². The van der Waals surface area contributed by atoms with Crippen LogP contribution in [0.5, 0.6) is 11.5 Å². The number of aromatic amines is 1. The van der Waals surface area contributed by atoms with Crippen molar-refractivity contribution in [2.45, 2.75) is 25.8 Å². The molecular formula is C28H30N2O3. The molecule has 0 atom stereocenters. The number of hydrogen-bond acceptors (Lipinski definition) is 3. The van der Waals surface area contributed by atoms with Gasteiger partial charge >= 0.3 is 0 Å². The first kappa shape index (κ1) is 22.5. The van der Waals surface area contributed by atoms with Crippen LogP contribution in [0.2, 0.25) is 0 Å². The third kappa shape index (κ3) is 5.95. The van der Waals surface area contributed by atoms with Crippen LogP contribution >= 0.6 is 0 Å². The van der Waals surface area contributed by atoms with Crippen molar-refractivity contribution in [3.8, 4) is 11.5 Å². The fourth-order valence-electron chi connectivity index (χ4n) is 4.03. The number of fused-ring (bicyclic) bond motifs is 1. The summed E-state index contributed by atoms with van der Waals surface area (Å²) in [5.41, 5.74) is 3.50. The van der Waals surface area contributed by atoms with Gasteiger partial charge in [0.05, 0.1) is 13.7 Å². The van der Waals surface area contributed by atoms with Crippen molar-refractivity contribution in [2.24, 2.45) is 0 Å². The lowest BCUT2D eigenvalue weighted by Crippen LogP contribution is -2.34. The monoisotopic (exact) mass is 442 g/mol. The summed E-state index contributed by atoms with van der Waals surface area (Å²) in [6.07, 6.45) is 4.23. The van der Waals surface area contributed by atoms with Gasteiger partial charge in [-0.25, -0.2) is 0 Å². The number of ether oxygens (including phenoxy) is 2. The van der Waals surface area contributed by atoms with E-state index in [-0.39, 0.29) is 5.91 Å². The number of rotatable bonds is 11. The van der Waals surface area contributed by atoms with Gasteiger partial charge in [-0.3, -0.25) is 4.79 Å². The zero-order valence-corrected chi connectivity index (χ0v) is 19.0. The third-order valence-electron chi connectivity index (χ3n) is 5.77. The summed E-state index contributed by atoms with van der Waals surface area (Å²) < 4.78 is 11.3. The highest BCUT2D eigenvalue weighted by Crippen LogP contribution is 2.25. The Morgan fingerprint density at radius 3 is 2.45 bits per heavy atom. The molecule has 1 N–H and O–H groups in total. The van der Waals surface area contributed by atoms with Crippen LogP contribution < -0.4 is 9.47 Å². The van der Waals surface area contributed by atoms with Crippen LogP contribution in [0, 0.1) is 0 Å². The number of aromatic nitrogens is 1.